The average Bonchev–Trinajstić information content (AvgIpc) is 3.03. The highest BCUT2D eigenvalue weighted by molar-refractivity contribution is 7.99. The second kappa shape index (κ2) is 8.12. The molecule has 0 spiro atoms. The number of halogens is 2. The SMILES string of the molecule is CNC(=O)CSc1nnc(-c2ccc(Cl)cc2Cl)n1-c1ccccc1C. The van der Waals surface area contributed by atoms with Crippen molar-refractivity contribution in [2.45, 2.75) is 12.1 Å². The van der Waals surface area contributed by atoms with Gasteiger partial charge in [-0.3, -0.25) is 9.36 Å². The number of hydrogen-bond acceptors (Lipinski definition) is 4. The second-order valence-corrected chi connectivity index (χ2v) is 7.30. The first-order chi connectivity index (χ1) is 12.5. The molecule has 0 radical (unpaired) electrons. The summed E-state index contributed by atoms with van der Waals surface area (Å²) in [5, 5.41) is 12.9. The first-order valence-corrected chi connectivity index (χ1v) is 9.55. The highest BCUT2D eigenvalue weighted by Gasteiger charge is 2.20. The zero-order valence-corrected chi connectivity index (χ0v) is 16.5. The van der Waals surface area contributed by atoms with Crippen molar-refractivity contribution in [2.24, 2.45) is 0 Å². The van der Waals surface area contributed by atoms with Crippen LogP contribution >= 0.6 is 35.0 Å². The van der Waals surface area contributed by atoms with Crippen LogP contribution in [-0.2, 0) is 4.79 Å². The molecule has 1 N–H and O–H groups in total. The maximum atomic E-state index is 11.6. The molecule has 0 aliphatic rings. The Morgan fingerprint density at radius 2 is 1.96 bits per heavy atom. The number of carbonyl (C=O) groups is 1. The number of carbonyl (C=O) groups excluding carboxylic acids is 1. The van der Waals surface area contributed by atoms with E-state index < -0.39 is 0 Å². The molecule has 0 fully saturated rings. The minimum absolute atomic E-state index is 0.0830. The predicted octanol–water partition coefficient (Wildman–Crippen LogP) is 4.39. The van der Waals surface area contributed by atoms with Gasteiger partial charge in [-0.05, 0) is 36.8 Å². The van der Waals surface area contributed by atoms with Crippen molar-refractivity contribution in [3.63, 3.8) is 0 Å². The van der Waals surface area contributed by atoms with Gasteiger partial charge in [0.2, 0.25) is 5.91 Å². The summed E-state index contributed by atoms with van der Waals surface area (Å²) in [6.45, 7) is 2.01. The molecule has 0 atom stereocenters. The number of aryl methyl sites for hydroxylation is 1. The molecule has 1 amide bonds. The maximum Gasteiger partial charge on any atom is 0.230 e. The molecular weight excluding hydrogens is 391 g/mol. The second-order valence-electron chi connectivity index (χ2n) is 5.51. The van der Waals surface area contributed by atoms with Gasteiger partial charge in [0.1, 0.15) is 0 Å². The third-order valence-electron chi connectivity index (χ3n) is 3.77. The molecule has 134 valence electrons. The van der Waals surface area contributed by atoms with Crippen LogP contribution in [0.3, 0.4) is 0 Å². The molecule has 0 unspecified atom stereocenters. The molecule has 1 aromatic heterocycles. The molecule has 0 aliphatic heterocycles. The van der Waals surface area contributed by atoms with Crippen LogP contribution in [0.5, 0.6) is 0 Å². The van der Waals surface area contributed by atoms with Gasteiger partial charge in [0, 0.05) is 17.6 Å². The third kappa shape index (κ3) is 3.87. The van der Waals surface area contributed by atoms with E-state index in [0.29, 0.717) is 21.0 Å². The normalized spacial score (nSPS) is 10.8. The van der Waals surface area contributed by atoms with Crippen LogP contribution in [0, 0.1) is 6.92 Å². The van der Waals surface area contributed by atoms with E-state index in [0.717, 1.165) is 16.8 Å². The van der Waals surface area contributed by atoms with Crippen LogP contribution in [0.1, 0.15) is 5.56 Å². The fourth-order valence-corrected chi connectivity index (χ4v) is 3.75. The summed E-state index contributed by atoms with van der Waals surface area (Å²) >= 11 is 13.7. The van der Waals surface area contributed by atoms with Crippen molar-refractivity contribution in [2.75, 3.05) is 12.8 Å². The Bertz CT molecular complexity index is 958. The van der Waals surface area contributed by atoms with Gasteiger partial charge in [-0.25, -0.2) is 0 Å². The lowest BCUT2D eigenvalue weighted by molar-refractivity contribution is -0.118. The number of nitrogens with one attached hydrogen (secondary N) is 1. The summed E-state index contributed by atoms with van der Waals surface area (Å²) < 4.78 is 1.91. The van der Waals surface area contributed by atoms with Crippen molar-refractivity contribution in [3.05, 3.63) is 58.1 Å². The minimum Gasteiger partial charge on any atom is -0.358 e. The van der Waals surface area contributed by atoms with E-state index in [9.17, 15) is 4.79 Å². The highest BCUT2D eigenvalue weighted by Crippen LogP contribution is 2.34. The lowest BCUT2D eigenvalue weighted by Gasteiger charge is -2.13. The Balaban J connectivity index is 2.14. The Labute approximate surface area is 165 Å². The molecule has 0 aliphatic carbocycles. The van der Waals surface area contributed by atoms with Gasteiger partial charge in [-0.15, -0.1) is 10.2 Å². The molecular formula is C18H16Cl2N4OS. The van der Waals surface area contributed by atoms with E-state index in [1.165, 1.54) is 11.8 Å². The topological polar surface area (TPSA) is 59.8 Å². The molecule has 2 aromatic carbocycles. The quantitative estimate of drug-likeness (QED) is 0.638. The van der Waals surface area contributed by atoms with Gasteiger partial charge in [-0.2, -0.15) is 0 Å². The molecule has 0 saturated heterocycles. The number of hydrogen-bond donors (Lipinski definition) is 1. The van der Waals surface area contributed by atoms with Gasteiger partial charge < -0.3 is 5.32 Å². The standard InChI is InChI=1S/C18H16Cl2N4OS/c1-11-5-3-4-6-15(11)24-17(13-8-7-12(19)9-14(13)20)22-23-18(24)26-10-16(25)21-2/h3-9H,10H2,1-2H3,(H,21,25). The van der Waals surface area contributed by atoms with Gasteiger partial charge >= 0.3 is 0 Å². The Kier molecular flexibility index (Phi) is 5.86. The van der Waals surface area contributed by atoms with Crippen molar-refractivity contribution in [3.8, 4) is 17.1 Å². The van der Waals surface area contributed by atoms with E-state index in [1.807, 2.05) is 41.8 Å². The average molecular weight is 407 g/mol. The summed E-state index contributed by atoms with van der Waals surface area (Å²) in [6.07, 6.45) is 0. The molecule has 26 heavy (non-hydrogen) atoms. The van der Waals surface area contributed by atoms with Crippen molar-refractivity contribution in [1.29, 1.82) is 0 Å². The van der Waals surface area contributed by atoms with Gasteiger partial charge in [-0.1, -0.05) is 53.2 Å². The van der Waals surface area contributed by atoms with E-state index in [1.54, 1.807) is 19.2 Å². The Morgan fingerprint density at radius 3 is 2.65 bits per heavy atom. The number of thioether (sulfide) groups is 1. The van der Waals surface area contributed by atoms with E-state index >= 15 is 0 Å². The van der Waals surface area contributed by atoms with E-state index in [4.69, 9.17) is 23.2 Å². The molecule has 3 rings (SSSR count). The smallest absolute Gasteiger partial charge is 0.230 e. The first-order valence-electron chi connectivity index (χ1n) is 7.81. The van der Waals surface area contributed by atoms with Gasteiger partial charge in [0.25, 0.3) is 0 Å². The molecule has 8 heteroatoms. The van der Waals surface area contributed by atoms with Crippen molar-refractivity contribution >= 4 is 40.9 Å². The molecule has 5 nitrogen and oxygen atoms in total. The van der Waals surface area contributed by atoms with Crippen molar-refractivity contribution in [1.82, 2.24) is 20.1 Å². The number of nitrogens with zero attached hydrogens (tertiary/aromatic N) is 3. The van der Waals surface area contributed by atoms with Crippen LogP contribution in [0.15, 0.2) is 47.6 Å². The summed E-state index contributed by atoms with van der Waals surface area (Å²) in [6, 6.07) is 13.2. The molecule has 0 saturated carbocycles. The number of benzene rings is 2. The van der Waals surface area contributed by atoms with Crippen LogP contribution < -0.4 is 5.32 Å². The Hall–Kier alpha value is -2.02. The van der Waals surface area contributed by atoms with Crippen LogP contribution in [0.4, 0.5) is 0 Å². The molecule has 1 heterocycles. The van der Waals surface area contributed by atoms with Crippen LogP contribution in [-0.4, -0.2) is 33.5 Å². The van der Waals surface area contributed by atoms with Gasteiger partial charge in [0.05, 0.1) is 16.5 Å². The fourth-order valence-electron chi connectivity index (χ4n) is 2.44. The zero-order valence-electron chi connectivity index (χ0n) is 14.2. The fraction of sp³-hybridized carbons (Fsp3) is 0.167. The summed E-state index contributed by atoms with van der Waals surface area (Å²) in [7, 11) is 1.61. The first kappa shape index (κ1) is 18.8. The van der Waals surface area contributed by atoms with Crippen molar-refractivity contribution < 1.29 is 4.79 Å². The van der Waals surface area contributed by atoms with E-state index in [-0.39, 0.29) is 11.7 Å². The minimum atomic E-state index is -0.0830. The zero-order chi connectivity index (χ0) is 18.7. The largest absolute Gasteiger partial charge is 0.358 e. The van der Waals surface area contributed by atoms with Crippen LogP contribution in [0.25, 0.3) is 17.1 Å². The lowest BCUT2D eigenvalue weighted by atomic mass is 10.1. The maximum absolute atomic E-state index is 11.6. The number of para-hydroxylation sites is 1. The van der Waals surface area contributed by atoms with Crippen LogP contribution in [0.2, 0.25) is 10.0 Å². The monoisotopic (exact) mass is 406 g/mol. The molecule has 3 aromatic rings. The lowest BCUT2D eigenvalue weighted by Crippen LogP contribution is -2.20. The Morgan fingerprint density at radius 1 is 1.19 bits per heavy atom. The number of amides is 1. The third-order valence-corrected chi connectivity index (χ3v) is 5.25. The molecule has 0 bridgehead atoms. The summed E-state index contributed by atoms with van der Waals surface area (Å²) in [5.41, 5.74) is 2.71. The summed E-state index contributed by atoms with van der Waals surface area (Å²) in [5.74, 6) is 0.760. The highest BCUT2D eigenvalue weighted by atomic mass is 35.5. The predicted molar refractivity (Wildman–Crippen MR) is 106 cm³/mol. The number of rotatable bonds is 5. The summed E-state index contributed by atoms with van der Waals surface area (Å²) in [4.78, 5) is 11.6. The van der Waals surface area contributed by atoms with Gasteiger partial charge in [0.15, 0.2) is 11.0 Å². The number of aromatic nitrogens is 3. The van der Waals surface area contributed by atoms with E-state index in [2.05, 4.69) is 15.5 Å².